The Labute approximate surface area is 143 Å². The van der Waals surface area contributed by atoms with Gasteiger partial charge in [0.15, 0.2) is 0 Å². The molecular weight excluding hydrogens is 328 g/mol. The Balaban J connectivity index is 1.46. The highest BCUT2D eigenvalue weighted by Gasteiger charge is 2.22. The van der Waals surface area contributed by atoms with E-state index in [0.29, 0.717) is 23.6 Å². The van der Waals surface area contributed by atoms with Crippen LogP contribution in [0.15, 0.2) is 20.1 Å². The number of aryl methyl sites for hydroxylation is 2. The predicted molar refractivity (Wildman–Crippen MR) is 86.4 cm³/mol. The van der Waals surface area contributed by atoms with Crippen molar-refractivity contribution < 1.29 is 8.83 Å². The van der Waals surface area contributed by atoms with E-state index >= 15 is 0 Å². The average molecular weight is 346 g/mol. The Morgan fingerprint density at radius 3 is 2.75 bits per heavy atom. The molecule has 0 saturated heterocycles. The summed E-state index contributed by atoms with van der Waals surface area (Å²) in [6.07, 6.45) is 4.76. The molecular formula is C15H18N6O2S. The second-order valence-corrected chi connectivity index (χ2v) is 6.90. The van der Waals surface area contributed by atoms with Gasteiger partial charge in [-0.1, -0.05) is 24.6 Å². The third-order valence-corrected chi connectivity index (χ3v) is 5.11. The molecule has 1 aliphatic rings. The summed E-state index contributed by atoms with van der Waals surface area (Å²) in [6.45, 7) is 3.78. The number of tetrazole rings is 1. The molecule has 0 aliphatic heterocycles. The van der Waals surface area contributed by atoms with Crippen LogP contribution in [-0.4, -0.2) is 30.4 Å². The molecule has 0 N–H and O–H groups in total. The van der Waals surface area contributed by atoms with Crippen molar-refractivity contribution in [2.45, 2.75) is 56.5 Å². The quantitative estimate of drug-likeness (QED) is 0.649. The molecule has 1 aliphatic carbocycles. The molecule has 8 nitrogen and oxygen atoms in total. The molecule has 0 unspecified atom stereocenters. The fourth-order valence-electron chi connectivity index (χ4n) is 3.05. The molecule has 24 heavy (non-hydrogen) atoms. The van der Waals surface area contributed by atoms with Gasteiger partial charge in [-0.2, -0.15) is 0 Å². The van der Waals surface area contributed by atoms with Gasteiger partial charge in [-0.25, -0.2) is 4.68 Å². The first-order chi connectivity index (χ1) is 11.7. The summed E-state index contributed by atoms with van der Waals surface area (Å²) >= 11 is 1.52. The molecule has 0 aromatic carbocycles. The fourth-order valence-corrected chi connectivity index (χ4v) is 3.83. The summed E-state index contributed by atoms with van der Waals surface area (Å²) < 4.78 is 13.2. The molecule has 0 spiro atoms. The molecule has 0 atom stereocenters. The second kappa shape index (κ2) is 6.39. The van der Waals surface area contributed by atoms with Gasteiger partial charge in [0.2, 0.25) is 11.0 Å². The van der Waals surface area contributed by atoms with Gasteiger partial charge in [0.25, 0.3) is 5.89 Å². The van der Waals surface area contributed by atoms with Crippen molar-refractivity contribution in [3.05, 3.63) is 23.5 Å². The lowest BCUT2D eigenvalue weighted by atomic mass is 10.2. The number of aromatic nitrogens is 6. The monoisotopic (exact) mass is 346 g/mol. The zero-order valence-electron chi connectivity index (χ0n) is 13.6. The van der Waals surface area contributed by atoms with Crippen LogP contribution in [0.2, 0.25) is 0 Å². The Bertz CT molecular complexity index is 833. The molecule has 3 aromatic rings. The summed E-state index contributed by atoms with van der Waals surface area (Å²) in [5.41, 5.74) is 0.840. The maximum atomic E-state index is 5.75. The first kappa shape index (κ1) is 15.4. The minimum absolute atomic E-state index is 0.414. The third kappa shape index (κ3) is 2.95. The van der Waals surface area contributed by atoms with Crippen molar-refractivity contribution >= 4 is 11.8 Å². The van der Waals surface area contributed by atoms with Crippen LogP contribution in [0, 0.1) is 13.8 Å². The van der Waals surface area contributed by atoms with Gasteiger partial charge < -0.3 is 8.83 Å². The number of furan rings is 1. The van der Waals surface area contributed by atoms with E-state index < -0.39 is 0 Å². The smallest absolute Gasteiger partial charge is 0.251 e. The summed E-state index contributed by atoms with van der Waals surface area (Å²) in [4.78, 5) is 0. The van der Waals surface area contributed by atoms with E-state index in [1.807, 2.05) is 24.6 Å². The molecule has 0 bridgehead atoms. The molecule has 1 saturated carbocycles. The maximum absolute atomic E-state index is 5.75. The first-order valence-corrected chi connectivity index (χ1v) is 8.99. The SMILES string of the molecule is Cc1cc(-c2nnc(CSc3nnnn3C3CCCC3)o2)c(C)o1. The van der Waals surface area contributed by atoms with Crippen LogP contribution in [0.4, 0.5) is 0 Å². The number of rotatable bonds is 5. The highest BCUT2D eigenvalue weighted by molar-refractivity contribution is 7.98. The van der Waals surface area contributed by atoms with Gasteiger partial charge >= 0.3 is 0 Å². The standard InChI is InChI=1S/C15H18N6O2S/c1-9-7-12(10(2)22-9)14-17-16-13(23-14)8-24-15-18-19-20-21(15)11-5-3-4-6-11/h7,11H,3-6,8H2,1-2H3. The minimum Gasteiger partial charge on any atom is -0.466 e. The molecule has 3 aromatic heterocycles. The Morgan fingerprint density at radius 1 is 1.17 bits per heavy atom. The van der Waals surface area contributed by atoms with Crippen LogP contribution in [0.25, 0.3) is 11.5 Å². The van der Waals surface area contributed by atoms with Crippen LogP contribution in [-0.2, 0) is 5.75 Å². The Kier molecular flexibility index (Phi) is 4.09. The number of hydrogen-bond acceptors (Lipinski definition) is 8. The number of nitrogens with zero attached hydrogens (tertiary/aromatic N) is 6. The summed E-state index contributed by atoms with van der Waals surface area (Å²) in [6, 6.07) is 2.32. The van der Waals surface area contributed by atoms with Crippen molar-refractivity contribution in [2.24, 2.45) is 0 Å². The fraction of sp³-hybridized carbons (Fsp3) is 0.533. The molecule has 1 fully saturated rings. The van der Waals surface area contributed by atoms with E-state index in [-0.39, 0.29) is 0 Å². The maximum Gasteiger partial charge on any atom is 0.251 e. The topological polar surface area (TPSA) is 95.7 Å². The summed E-state index contributed by atoms with van der Waals surface area (Å²) in [5.74, 6) is 3.17. The van der Waals surface area contributed by atoms with E-state index in [1.54, 1.807) is 0 Å². The molecule has 3 heterocycles. The highest BCUT2D eigenvalue weighted by atomic mass is 32.2. The number of thioether (sulfide) groups is 1. The van der Waals surface area contributed by atoms with Gasteiger partial charge in [0.1, 0.15) is 11.5 Å². The van der Waals surface area contributed by atoms with Crippen LogP contribution in [0.3, 0.4) is 0 Å². The number of hydrogen-bond donors (Lipinski definition) is 0. The van der Waals surface area contributed by atoms with Crippen molar-refractivity contribution in [3.63, 3.8) is 0 Å². The molecule has 126 valence electrons. The Morgan fingerprint density at radius 2 is 2.00 bits per heavy atom. The largest absolute Gasteiger partial charge is 0.466 e. The van der Waals surface area contributed by atoms with Crippen LogP contribution < -0.4 is 0 Å². The summed E-state index contributed by atoms with van der Waals surface area (Å²) in [5, 5.41) is 21.1. The molecule has 9 heteroatoms. The van der Waals surface area contributed by atoms with Gasteiger partial charge in [-0.3, -0.25) is 0 Å². The lowest BCUT2D eigenvalue weighted by Gasteiger charge is -2.09. The van der Waals surface area contributed by atoms with Crippen LogP contribution in [0.1, 0.15) is 49.1 Å². The van der Waals surface area contributed by atoms with Gasteiger partial charge in [-0.05, 0) is 43.2 Å². The molecule has 0 radical (unpaired) electrons. The molecule has 0 amide bonds. The average Bonchev–Trinajstić information content (AvgIpc) is 3.33. The normalized spacial score (nSPS) is 15.4. The highest BCUT2D eigenvalue weighted by Crippen LogP contribution is 2.32. The van der Waals surface area contributed by atoms with E-state index in [0.717, 1.165) is 35.1 Å². The van der Waals surface area contributed by atoms with E-state index in [4.69, 9.17) is 8.83 Å². The Hall–Kier alpha value is -2.16. The minimum atomic E-state index is 0.414. The van der Waals surface area contributed by atoms with E-state index in [2.05, 4.69) is 25.7 Å². The van der Waals surface area contributed by atoms with E-state index in [1.165, 1.54) is 24.6 Å². The zero-order valence-corrected chi connectivity index (χ0v) is 14.4. The lowest BCUT2D eigenvalue weighted by Crippen LogP contribution is -2.08. The van der Waals surface area contributed by atoms with Crippen LogP contribution >= 0.6 is 11.8 Å². The second-order valence-electron chi connectivity index (χ2n) is 5.96. The van der Waals surface area contributed by atoms with Crippen molar-refractivity contribution in [1.82, 2.24) is 30.4 Å². The summed E-state index contributed by atoms with van der Waals surface area (Å²) in [7, 11) is 0. The third-order valence-electron chi connectivity index (χ3n) is 4.20. The van der Waals surface area contributed by atoms with Crippen molar-refractivity contribution in [1.29, 1.82) is 0 Å². The lowest BCUT2D eigenvalue weighted by molar-refractivity contribution is 0.422. The van der Waals surface area contributed by atoms with Gasteiger partial charge in [-0.15, -0.1) is 15.3 Å². The molecule has 4 rings (SSSR count). The zero-order chi connectivity index (χ0) is 16.5. The first-order valence-electron chi connectivity index (χ1n) is 8.01. The van der Waals surface area contributed by atoms with E-state index in [9.17, 15) is 0 Å². The van der Waals surface area contributed by atoms with Gasteiger partial charge in [0.05, 0.1) is 17.4 Å². The predicted octanol–water partition coefficient (Wildman–Crippen LogP) is 3.34. The van der Waals surface area contributed by atoms with Crippen molar-refractivity contribution in [3.8, 4) is 11.5 Å². The van der Waals surface area contributed by atoms with Crippen LogP contribution in [0.5, 0.6) is 0 Å². The van der Waals surface area contributed by atoms with Gasteiger partial charge in [0, 0.05) is 0 Å². The van der Waals surface area contributed by atoms with Crippen molar-refractivity contribution in [2.75, 3.05) is 0 Å².